The monoisotopic (exact) mass is 270 g/mol. The third-order valence-corrected chi connectivity index (χ3v) is 3.20. The van der Waals surface area contributed by atoms with Gasteiger partial charge in [0.05, 0.1) is 12.9 Å². The van der Waals surface area contributed by atoms with Crippen molar-refractivity contribution in [3.8, 4) is 0 Å². The molecule has 0 aliphatic rings. The van der Waals surface area contributed by atoms with Crippen LogP contribution < -0.4 is 5.63 Å². The highest BCUT2D eigenvalue weighted by Gasteiger charge is 2.12. The van der Waals surface area contributed by atoms with Crippen LogP contribution in [0, 0.1) is 6.92 Å². The molecule has 20 heavy (non-hydrogen) atoms. The zero-order valence-electron chi connectivity index (χ0n) is 11.1. The molecule has 4 heteroatoms. The van der Waals surface area contributed by atoms with Gasteiger partial charge in [-0.15, -0.1) is 0 Å². The lowest BCUT2D eigenvalue weighted by Crippen LogP contribution is -2.05. The van der Waals surface area contributed by atoms with Gasteiger partial charge in [-0.2, -0.15) is 0 Å². The van der Waals surface area contributed by atoms with E-state index >= 15 is 0 Å². The van der Waals surface area contributed by atoms with E-state index in [1.54, 1.807) is 6.07 Å². The standard InChI is InChI=1S/C16H14O4/c1-11-14(10-18-9-12-5-3-2-4-6-12)20-16(17)13-7-8-19-15(11)13/h2-8H,9-10H2,1H3. The van der Waals surface area contributed by atoms with Gasteiger partial charge in [0, 0.05) is 5.56 Å². The number of rotatable bonds is 4. The number of aryl methyl sites for hydroxylation is 1. The fraction of sp³-hybridized carbons (Fsp3) is 0.188. The maximum absolute atomic E-state index is 11.8. The van der Waals surface area contributed by atoms with Gasteiger partial charge in [0.15, 0.2) is 0 Å². The summed E-state index contributed by atoms with van der Waals surface area (Å²) in [6.07, 6.45) is 1.49. The maximum Gasteiger partial charge on any atom is 0.347 e. The number of fused-ring (bicyclic) bond motifs is 1. The Kier molecular flexibility index (Phi) is 3.39. The first-order valence-corrected chi connectivity index (χ1v) is 6.37. The minimum Gasteiger partial charge on any atom is -0.464 e. The van der Waals surface area contributed by atoms with E-state index in [2.05, 4.69) is 0 Å². The Labute approximate surface area is 115 Å². The van der Waals surface area contributed by atoms with Crippen LogP contribution in [0.3, 0.4) is 0 Å². The predicted molar refractivity (Wildman–Crippen MR) is 74.4 cm³/mol. The van der Waals surface area contributed by atoms with Crippen molar-refractivity contribution < 1.29 is 13.6 Å². The molecule has 0 bridgehead atoms. The van der Waals surface area contributed by atoms with Crippen LogP contribution in [0.4, 0.5) is 0 Å². The quantitative estimate of drug-likeness (QED) is 0.729. The molecule has 1 aromatic carbocycles. The van der Waals surface area contributed by atoms with Crippen LogP contribution in [-0.2, 0) is 18.0 Å². The molecular weight excluding hydrogens is 256 g/mol. The van der Waals surface area contributed by atoms with E-state index in [9.17, 15) is 4.79 Å². The summed E-state index contributed by atoms with van der Waals surface area (Å²) in [5, 5.41) is 0.467. The van der Waals surface area contributed by atoms with Crippen LogP contribution in [0.15, 0.2) is 56.3 Å². The molecule has 0 radical (unpaired) electrons. The van der Waals surface area contributed by atoms with Crippen LogP contribution in [0.25, 0.3) is 11.0 Å². The second-order valence-corrected chi connectivity index (χ2v) is 4.58. The fourth-order valence-electron chi connectivity index (χ4n) is 2.10. The lowest BCUT2D eigenvalue weighted by Gasteiger charge is -2.06. The van der Waals surface area contributed by atoms with Crippen LogP contribution in [0.2, 0.25) is 0 Å². The van der Waals surface area contributed by atoms with Gasteiger partial charge < -0.3 is 13.6 Å². The molecule has 0 fully saturated rings. The summed E-state index contributed by atoms with van der Waals surface area (Å²) >= 11 is 0. The Balaban J connectivity index is 1.78. The Morgan fingerprint density at radius 3 is 2.70 bits per heavy atom. The SMILES string of the molecule is Cc1c(COCc2ccccc2)oc(=O)c2ccoc12. The maximum atomic E-state index is 11.8. The Morgan fingerprint density at radius 2 is 1.90 bits per heavy atom. The van der Waals surface area contributed by atoms with E-state index < -0.39 is 5.63 Å². The molecule has 3 rings (SSSR count). The first kappa shape index (κ1) is 12.7. The van der Waals surface area contributed by atoms with Crippen LogP contribution in [0.1, 0.15) is 16.9 Å². The lowest BCUT2D eigenvalue weighted by atomic mass is 10.2. The van der Waals surface area contributed by atoms with Crippen molar-refractivity contribution in [2.24, 2.45) is 0 Å². The smallest absolute Gasteiger partial charge is 0.347 e. The van der Waals surface area contributed by atoms with Gasteiger partial charge >= 0.3 is 5.63 Å². The first-order valence-electron chi connectivity index (χ1n) is 6.37. The van der Waals surface area contributed by atoms with Gasteiger partial charge in [-0.3, -0.25) is 0 Å². The molecule has 0 N–H and O–H groups in total. The summed E-state index contributed by atoms with van der Waals surface area (Å²) in [4.78, 5) is 11.8. The number of ether oxygens (including phenoxy) is 1. The summed E-state index contributed by atoms with van der Waals surface area (Å²) in [6, 6.07) is 11.5. The summed E-state index contributed by atoms with van der Waals surface area (Å²) in [5.74, 6) is 0.508. The predicted octanol–water partition coefficient (Wildman–Crippen LogP) is 3.41. The lowest BCUT2D eigenvalue weighted by molar-refractivity contribution is 0.0903. The minimum atomic E-state index is -0.391. The summed E-state index contributed by atoms with van der Waals surface area (Å²) in [5.41, 5.74) is 2.06. The van der Waals surface area contributed by atoms with Crippen molar-refractivity contribution in [3.05, 3.63) is 70.0 Å². The zero-order valence-corrected chi connectivity index (χ0v) is 11.1. The largest absolute Gasteiger partial charge is 0.464 e. The average Bonchev–Trinajstić information content (AvgIpc) is 2.95. The molecule has 3 aromatic rings. The Hall–Kier alpha value is -2.33. The van der Waals surface area contributed by atoms with E-state index in [0.29, 0.717) is 23.3 Å². The Bertz CT molecular complexity index is 768. The van der Waals surface area contributed by atoms with Crippen molar-refractivity contribution in [1.29, 1.82) is 0 Å². The fourth-order valence-corrected chi connectivity index (χ4v) is 2.10. The van der Waals surface area contributed by atoms with Crippen molar-refractivity contribution in [1.82, 2.24) is 0 Å². The molecular formula is C16H14O4. The van der Waals surface area contributed by atoms with Crippen molar-refractivity contribution >= 4 is 11.0 Å². The van der Waals surface area contributed by atoms with Gasteiger partial charge in [0.1, 0.15) is 23.3 Å². The zero-order chi connectivity index (χ0) is 13.9. The van der Waals surface area contributed by atoms with E-state index in [1.165, 1.54) is 6.26 Å². The third kappa shape index (κ3) is 2.38. The molecule has 0 aliphatic heterocycles. The van der Waals surface area contributed by atoms with E-state index in [-0.39, 0.29) is 6.61 Å². The molecule has 0 unspecified atom stereocenters. The van der Waals surface area contributed by atoms with Gasteiger partial charge in [-0.1, -0.05) is 30.3 Å². The highest BCUT2D eigenvalue weighted by molar-refractivity contribution is 5.78. The van der Waals surface area contributed by atoms with Crippen molar-refractivity contribution in [3.63, 3.8) is 0 Å². The highest BCUT2D eigenvalue weighted by Crippen LogP contribution is 2.20. The number of furan rings is 1. The summed E-state index contributed by atoms with van der Waals surface area (Å²) in [6.45, 7) is 2.57. The third-order valence-electron chi connectivity index (χ3n) is 3.20. The van der Waals surface area contributed by atoms with Gasteiger partial charge in [0.2, 0.25) is 0 Å². The van der Waals surface area contributed by atoms with E-state index in [4.69, 9.17) is 13.6 Å². The van der Waals surface area contributed by atoms with E-state index in [0.717, 1.165) is 11.1 Å². The number of benzene rings is 1. The van der Waals surface area contributed by atoms with Crippen LogP contribution in [0.5, 0.6) is 0 Å². The molecule has 102 valence electrons. The highest BCUT2D eigenvalue weighted by atomic mass is 16.5. The first-order chi connectivity index (χ1) is 9.75. The topological polar surface area (TPSA) is 52.6 Å². The van der Waals surface area contributed by atoms with Gasteiger partial charge in [0.25, 0.3) is 0 Å². The second kappa shape index (κ2) is 5.35. The normalized spacial score (nSPS) is 11.1. The van der Waals surface area contributed by atoms with Crippen LogP contribution in [-0.4, -0.2) is 0 Å². The molecule has 0 saturated heterocycles. The molecule has 4 nitrogen and oxygen atoms in total. The van der Waals surface area contributed by atoms with Gasteiger partial charge in [-0.05, 0) is 18.6 Å². The van der Waals surface area contributed by atoms with Gasteiger partial charge in [-0.25, -0.2) is 4.79 Å². The van der Waals surface area contributed by atoms with Crippen LogP contribution >= 0.6 is 0 Å². The Morgan fingerprint density at radius 1 is 1.10 bits per heavy atom. The van der Waals surface area contributed by atoms with E-state index in [1.807, 2.05) is 37.3 Å². The average molecular weight is 270 g/mol. The van der Waals surface area contributed by atoms with Crippen molar-refractivity contribution in [2.45, 2.75) is 20.1 Å². The number of hydrogen-bond acceptors (Lipinski definition) is 4. The number of hydrogen-bond donors (Lipinski definition) is 0. The van der Waals surface area contributed by atoms with Crippen molar-refractivity contribution in [2.75, 3.05) is 0 Å². The molecule has 0 atom stereocenters. The molecule has 0 amide bonds. The molecule has 2 heterocycles. The molecule has 0 saturated carbocycles. The summed E-state index contributed by atoms with van der Waals surface area (Å²) < 4.78 is 16.2. The second-order valence-electron chi connectivity index (χ2n) is 4.58. The molecule has 0 aliphatic carbocycles. The summed E-state index contributed by atoms with van der Waals surface area (Å²) in [7, 11) is 0. The minimum absolute atomic E-state index is 0.243. The molecule has 0 spiro atoms. The molecule has 2 aromatic heterocycles.